The van der Waals surface area contributed by atoms with E-state index in [9.17, 15) is 19.7 Å². The van der Waals surface area contributed by atoms with Crippen LogP contribution in [0, 0.1) is 17.0 Å². The molecule has 4 rings (SSSR count). The molecule has 1 aromatic heterocycles. The van der Waals surface area contributed by atoms with Crippen LogP contribution in [0.3, 0.4) is 0 Å². The van der Waals surface area contributed by atoms with Gasteiger partial charge in [0.25, 0.3) is 5.69 Å². The van der Waals surface area contributed by atoms with Crippen LogP contribution < -0.4 is 9.47 Å². The molecule has 0 bridgehead atoms. The van der Waals surface area contributed by atoms with Gasteiger partial charge >= 0.3 is 5.97 Å². The summed E-state index contributed by atoms with van der Waals surface area (Å²) in [6, 6.07) is 11.9. The van der Waals surface area contributed by atoms with Crippen LogP contribution in [0.2, 0.25) is 0 Å². The molecule has 2 heterocycles. The Morgan fingerprint density at radius 1 is 1.17 bits per heavy atom. The van der Waals surface area contributed by atoms with Crippen molar-refractivity contribution in [2.45, 2.75) is 6.92 Å². The highest BCUT2D eigenvalue weighted by Gasteiger charge is 2.31. The number of non-ortho nitro benzene ring substituents is 1. The number of fused-ring (bicyclic) bond motifs is 1. The van der Waals surface area contributed by atoms with E-state index in [1.54, 1.807) is 19.1 Å². The molecular weight excluding hydrogens is 378 g/mol. The molecule has 1 aliphatic heterocycles. The Morgan fingerprint density at radius 3 is 2.72 bits per heavy atom. The van der Waals surface area contributed by atoms with E-state index >= 15 is 0 Å². The Balaban J connectivity index is 1.63. The van der Waals surface area contributed by atoms with Gasteiger partial charge < -0.3 is 13.9 Å². The number of carbonyl (C=O) groups is 2. The molecular formula is C21H13NO7. The van der Waals surface area contributed by atoms with Crippen molar-refractivity contribution in [1.29, 1.82) is 0 Å². The van der Waals surface area contributed by atoms with Gasteiger partial charge in [-0.3, -0.25) is 14.9 Å². The molecule has 0 radical (unpaired) electrons. The van der Waals surface area contributed by atoms with Crippen molar-refractivity contribution >= 4 is 23.5 Å². The molecule has 0 spiro atoms. The number of rotatable bonds is 4. The average molecular weight is 391 g/mol. The van der Waals surface area contributed by atoms with E-state index in [0.29, 0.717) is 16.7 Å². The van der Waals surface area contributed by atoms with Gasteiger partial charge in [0.05, 0.1) is 16.7 Å². The zero-order valence-corrected chi connectivity index (χ0v) is 15.1. The average Bonchev–Trinajstić information content (AvgIpc) is 3.34. The van der Waals surface area contributed by atoms with E-state index in [0.717, 1.165) is 0 Å². The number of ketones is 1. The summed E-state index contributed by atoms with van der Waals surface area (Å²) in [5.74, 6) is -0.453. The Hall–Kier alpha value is -4.20. The molecule has 8 heteroatoms. The Bertz CT molecular complexity index is 1180. The molecule has 144 valence electrons. The Morgan fingerprint density at radius 2 is 2.00 bits per heavy atom. The molecule has 8 nitrogen and oxygen atoms in total. The molecule has 0 N–H and O–H groups in total. The van der Waals surface area contributed by atoms with Crippen molar-refractivity contribution in [2.75, 3.05) is 0 Å². The third-order valence-corrected chi connectivity index (χ3v) is 4.34. The van der Waals surface area contributed by atoms with Crippen LogP contribution in [0.4, 0.5) is 5.69 Å². The van der Waals surface area contributed by atoms with Crippen LogP contribution in [0.5, 0.6) is 11.5 Å². The van der Waals surface area contributed by atoms with Crippen LogP contribution in [0.15, 0.2) is 65.0 Å². The number of nitro benzene ring substituents is 1. The van der Waals surface area contributed by atoms with E-state index in [-0.39, 0.29) is 34.5 Å². The molecule has 0 atom stereocenters. The lowest BCUT2D eigenvalue weighted by Gasteiger charge is -2.09. The number of carbonyl (C=O) groups excluding carboxylic acids is 2. The van der Waals surface area contributed by atoms with Crippen molar-refractivity contribution in [3.05, 3.63) is 93.1 Å². The second-order valence-corrected chi connectivity index (χ2v) is 6.22. The molecule has 3 aromatic rings. The lowest BCUT2D eigenvalue weighted by Crippen LogP contribution is -2.08. The topological polar surface area (TPSA) is 109 Å². The normalized spacial score (nSPS) is 13.8. The van der Waals surface area contributed by atoms with Gasteiger partial charge in [0, 0.05) is 17.7 Å². The minimum absolute atomic E-state index is 0.0260. The number of esters is 1. The number of allylic oxidation sites excluding steroid dienone is 1. The predicted molar refractivity (Wildman–Crippen MR) is 101 cm³/mol. The largest absolute Gasteiger partial charge is 0.457 e. The van der Waals surface area contributed by atoms with Gasteiger partial charge in [-0.25, -0.2) is 4.79 Å². The summed E-state index contributed by atoms with van der Waals surface area (Å²) in [4.78, 5) is 35.1. The molecule has 0 aliphatic carbocycles. The summed E-state index contributed by atoms with van der Waals surface area (Å²) in [6.07, 6.45) is 2.79. The minimum atomic E-state index is -0.672. The number of nitro groups is 1. The zero-order valence-electron chi connectivity index (χ0n) is 15.1. The highest BCUT2D eigenvalue weighted by atomic mass is 16.6. The first-order valence-corrected chi connectivity index (χ1v) is 8.52. The van der Waals surface area contributed by atoms with E-state index in [4.69, 9.17) is 13.9 Å². The van der Waals surface area contributed by atoms with Crippen molar-refractivity contribution in [3.8, 4) is 11.5 Å². The molecule has 0 saturated carbocycles. The molecule has 29 heavy (non-hydrogen) atoms. The molecule has 0 unspecified atom stereocenters. The van der Waals surface area contributed by atoms with E-state index in [1.165, 1.54) is 48.7 Å². The summed E-state index contributed by atoms with van der Waals surface area (Å²) in [7, 11) is 0. The molecule has 2 aromatic carbocycles. The third kappa shape index (κ3) is 3.39. The molecule has 0 saturated heterocycles. The quantitative estimate of drug-likeness (QED) is 0.214. The van der Waals surface area contributed by atoms with Gasteiger partial charge in [0.2, 0.25) is 11.5 Å². The summed E-state index contributed by atoms with van der Waals surface area (Å²) < 4.78 is 16.0. The first-order valence-electron chi connectivity index (χ1n) is 8.52. The fourth-order valence-electron chi connectivity index (χ4n) is 2.90. The van der Waals surface area contributed by atoms with Crippen molar-refractivity contribution in [3.63, 3.8) is 0 Å². The van der Waals surface area contributed by atoms with Crippen LogP contribution in [-0.2, 0) is 0 Å². The van der Waals surface area contributed by atoms with E-state index in [2.05, 4.69) is 0 Å². The van der Waals surface area contributed by atoms with Gasteiger partial charge in [-0.05, 0) is 42.8 Å². The van der Waals surface area contributed by atoms with Crippen LogP contribution in [0.1, 0.15) is 32.0 Å². The zero-order chi connectivity index (χ0) is 20.5. The Labute approximate surface area is 164 Å². The van der Waals surface area contributed by atoms with Crippen molar-refractivity contribution in [1.82, 2.24) is 0 Å². The number of furan rings is 1. The number of hydrogen-bond acceptors (Lipinski definition) is 7. The number of benzene rings is 2. The van der Waals surface area contributed by atoms with Gasteiger partial charge in [-0.15, -0.1) is 0 Å². The maximum Gasteiger partial charge on any atom is 0.379 e. The van der Waals surface area contributed by atoms with Crippen LogP contribution in [-0.4, -0.2) is 16.7 Å². The third-order valence-electron chi connectivity index (χ3n) is 4.34. The second kappa shape index (κ2) is 7.08. The number of hydrogen-bond donors (Lipinski definition) is 0. The minimum Gasteiger partial charge on any atom is -0.457 e. The highest BCUT2D eigenvalue weighted by Crippen LogP contribution is 2.39. The SMILES string of the molecule is Cc1c(OC(=O)c2ccco2)ccc2c1O/C(=C\c1cccc([N+](=O)[O-])c1)C2=O. The van der Waals surface area contributed by atoms with Gasteiger partial charge in [-0.1, -0.05) is 12.1 Å². The lowest BCUT2D eigenvalue weighted by atomic mass is 10.1. The fourth-order valence-corrected chi connectivity index (χ4v) is 2.90. The van der Waals surface area contributed by atoms with Crippen molar-refractivity contribution in [2.24, 2.45) is 0 Å². The van der Waals surface area contributed by atoms with Crippen molar-refractivity contribution < 1.29 is 28.4 Å². The summed E-state index contributed by atoms with van der Waals surface area (Å²) in [5.41, 5.74) is 1.15. The molecule has 0 amide bonds. The molecule has 0 fully saturated rings. The van der Waals surface area contributed by atoms with Gasteiger partial charge in [-0.2, -0.15) is 0 Å². The Kier molecular flexibility index (Phi) is 4.44. The first-order chi connectivity index (χ1) is 13.9. The number of ether oxygens (including phenoxy) is 2. The van der Waals surface area contributed by atoms with E-state index < -0.39 is 10.9 Å². The lowest BCUT2D eigenvalue weighted by molar-refractivity contribution is -0.384. The smallest absolute Gasteiger partial charge is 0.379 e. The maximum absolute atomic E-state index is 12.6. The number of Topliss-reactive ketones (excluding diaryl/α,β-unsaturated/α-hetero) is 1. The maximum atomic E-state index is 12.6. The second-order valence-electron chi connectivity index (χ2n) is 6.22. The number of nitrogens with zero attached hydrogens (tertiary/aromatic N) is 1. The predicted octanol–water partition coefficient (Wildman–Crippen LogP) is 4.33. The van der Waals surface area contributed by atoms with Crippen LogP contribution in [0.25, 0.3) is 6.08 Å². The summed E-state index contributed by atoms with van der Waals surface area (Å²) >= 11 is 0. The van der Waals surface area contributed by atoms with Gasteiger partial charge in [0.1, 0.15) is 11.5 Å². The fraction of sp³-hybridized carbons (Fsp3) is 0.0476. The summed E-state index contributed by atoms with van der Waals surface area (Å²) in [5, 5.41) is 10.9. The van der Waals surface area contributed by atoms with Gasteiger partial charge in [0.15, 0.2) is 5.76 Å². The summed E-state index contributed by atoms with van der Waals surface area (Å²) in [6.45, 7) is 1.66. The van der Waals surface area contributed by atoms with Crippen LogP contribution >= 0.6 is 0 Å². The molecule has 1 aliphatic rings. The first kappa shape index (κ1) is 18.2. The standard InChI is InChI=1S/C21H13NO7/c1-12-16(29-21(24)17-6-3-9-27-17)8-7-15-19(23)18(28-20(12)15)11-13-4-2-5-14(10-13)22(25)26/h2-11H,1H3/b18-11-. The highest BCUT2D eigenvalue weighted by molar-refractivity contribution is 6.15. The monoisotopic (exact) mass is 391 g/mol. The van der Waals surface area contributed by atoms with E-state index in [1.807, 2.05) is 0 Å².